The number of amides is 1. The Hall–Kier alpha value is -2.60. The highest BCUT2D eigenvalue weighted by atomic mass is 16.2. The minimum atomic E-state index is -0.763. The number of benzene rings is 2. The van der Waals surface area contributed by atoms with Gasteiger partial charge in [0.1, 0.15) is 0 Å². The van der Waals surface area contributed by atoms with Crippen LogP contribution < -0.4 is 4.90 Å². The van der Waals surface area contributed by atoms with Crippen LogP contribution in [0.1, 0.15) is 18.9 Å². The van der Waals surface area contributed by atoms with Crippen molar-refractivity contribution in [3.63, 3.8) is 0 Å². The Morgan fingerprint density at radius 2 is 1.75 bits per heavy atom. The molecule has 0 radical (unpaired) electrons. The Balaban J connectivity index is 2.20. The molecule has 1 aliphatic rings. The van der Waals surface area contributed by atoms with E-state index < -0.39 is 5.41 Å². The van der Waals surface area contributed by atoms with Crippen molar-refractivity contribution in [2.75, 3.05) is 4.90 Å². The van der Waals surface area contributed by atoms with Gasteiger partial charge in [-0.1, -0.05) is 36.4 Å². The van der Waals surface area contributed by atoms with Gasteiger partial charge >= 0.3 is 0 Å². The Morgan fingerprint density at radius 3 is 2.45 bits per heavy atom. The molecule has 0 aromatic heterocycles. The summed E-state index contributed by atoms with van der Waals surface area (Å²) in [5.74, 6) is -0.0357. The van der Waals surface area contributed by atoms with Gasteiger partial charge in [-0.3, -0.25) is 9.69 Å². The molecular formula is C17H14N2O. The molecule has 0 fully saturated rings. The molecule has 3 rings (SSSR count). The predicted molar refractivity (Wildman–Crippen MR) is 77.6 cm³/mol. The van der Waals surface area contributed by atoms with Gasteiger partial charge in [0.15, 0.2) is 0 Å². The predicted octanol–water partition coefficient (Wildman–Crippen LogP) is 3.54. The highest BCUT2D eigenvalue weighted by molar-refractivity contribution is 6.12. The van der Waals surface area contributed by atoms with Crippen LogP contribution in [0.5, 0.6) is 0 Å². The van der Waals surface area contributed by atoms with Crippen LogP contribution in [-0.4, -0.2) is 5.91 Å². The molecule has 1 atom stereocenters. The fourth-order valence-electron chi connectivity index (χ4n) is 2.77. The summed E-state index contributed by atoms with van der Waals surface area (Å²) in [6.45, 7) is 1.85. The molecule has 3 nitrogen and oxygen atoms in total. The van der Waals surface area contributed by atoms with Crippen molar-refractivity contribution < 1.29 is 4.79 Å². The zero-order valence-electron chi connectivity index (χ0n) is 11.2. The van der Waals surface area contributed by atoms with Crippen molar-refractivity contribution in [1.29, 1.82) is 5.26 Å². The first-order valence-electron chi connectivity index (χ1n) is 6.54. The fourth-order valence-corrected chi connectivity index (χ4v) is 2.77. The van der Waals surface area contributed by atoms with E-state index >= 15 is 0 Å². The van der Waals surface area contributed by atoms with E-state index in [1.54, 1.807) is 4.90 Å². The summed E-state index contributed by atoms with van der Waals surface area (Å²) in [6.07, 6.45) is 0.187. The number of nitrogens with zero attached hydrogens (tertiary/aromatic N) is 2. The maximum atomic E-state index is 12.8. The average Bonchev–Trinajstić information content (AvgIpc) is 2.70. The smallest absolute Gasteiger partial charge is 0.243 e. The first-order valence-corrected chi connectivity index (χ1v) is 6.54. The lowest BCUT2D eigenvalue weighted by Crippen LogP contribution is -2.35. The molecular weight excluding hydrogens is 248 g/mol. The molecule has 2 aromatic rings. The van der Waals surface area contributed by atoms with Gasteiger partial charge in [0.25, 0.3) is 0 Å². The van der Waals surface area contributed by atoms with E-state index in [1.165, 1.54) is 0 Å². The van der Waals surface area contributed by atoms with Gasteiger partial charge < -0.3 is 0 Å². The standard InChI is InChI=1S/C17H14N2O/c1-17(11-12-18)14-9-5-6-10-15(14)19(16(17)20)13-7-3-2-4-8-13/h2-10H,11H2,1H3/t17-/m1/s1. The fraction of sp³-hybridized carbons (Fsp3) is 0.176. The van der Waals surface area contributed by atoms with Crippen LogP contribution in [0.25, 0.3) is 0 Å². The van der Waals surface area contributed by atoms with E-state index in [9.17, 15) is 4.79 Å². The summed E-state index contributed by atoms with van der Waals surface area (Å²) < 4.78 is 0. The molecule has 1 amide bonds. The van der Waals surface area contributed by atoms with E-state index in [2.05, 4.69) is 6.07 Å². The van der Waals surface area contributed by atoms with E-state index in [1.807, 2.05) is 61.5 Å². The summed E-state index contributed by atoms with van der Waals surface area (Å²) in [5, 5.41) is 9.07. The third-order valence-corrected chi connectivity index (χ3v) is 3.86. The number of anilines is 2. The number of hydrogen-bond acceptors (Lipinski definition) is 2. The molecule has 0 unspecified atom stereocenters. The molecule has 0 spiro atoms. The SMILES string of the molecule is C[C@]1(CC#N)C(=O)N(c2ccccc2)c2ccccc21. The normalized spacial score (nSPS) is 20.6. The number of para-hydroxylation sites is 2. The van der Waals surface area contributed by atoms with Crippen LogP contribution in [-0.2, 0) is 10.2 Å². The Bertz CT molecular complexity index is 702. The number of carbonyl (C=O) groups excluding carboxylic acids is 1. The largest absolute Gasteiger partial charge is 0.280 e. The number of rotatable bonds is 2. The molecule has 0 saturated heterocycles. The van der Waals surface area contributed by atoms with E-state index in [0.717, 1.165) is 16.9 Å². The molecule has 98 valence electrons. The lowest BCUT2D eigenvalue weighted by molar-refractivity contribution is -0.121. The van der Waals surface area contributed by atoms with Gasteiger partial charge in [0.05, 0.1) is 23.6 Å². The van der Waals surface area contributed by atoms with Gasteiger partial charge in [0.2, 0.25) is 5.91 Å². The molecule has 20 heavy (non-hydrogen) atoms. The number of carbonyl (C=O) groups is 1. The quantitative estimate of drug-likeness (QED) is 0.831. The zero-order chi connectivity index (χ0) is 14.2. The lowest BCUT2D eigenvalue weighted by atomic mass is 9.81. The highest BCUT2D eigenvalue weighted by Gasteiger charge is 2.47. The maximum absolute atomic E-state index is 12.8. The summed E-state index contributed by atoms with van der Waals surface area (Å²) in [6, 6.07) is 19.4. The monoisotopic (exact) mass is 262 g/mol. The molecule has 3 heteroatoms. The van der Waals surface area contributed by atoms with Gasteiger partial charge in [-0.2, -0.15) is 5.26 Å². The second-order valence-electron chi connectivity index (χ2n) is 5.16. The van der Waals surface area contributed by atoms with E-state index in [4.69, 9.17) is 5.26 Å². The van der Waals surface area contributed by atoms with Gasteiger partial charge in [-0.05, 0) is 30.7 Å². The van der Waals surface area contributed by atoms with E-state index in [-0.39, 0.29) is 12.3 Å². The third kappa shape index (κ3) is 1.62. The molecule has 2 aromatic carbocycles. The van der Waals surface area contributed by atoms with Crippen LogP contribution in [0.4, 0.5) is 11.4 Å². The van der Waals surface area contributed by atoms with Crippen LogP contribution in [0.3, 0.4) is 0 Å². The van der Waals surface area contributed by atoms with Gasteiger partial charge in [-0.25, -0.2) is 0 Å². The second kappa shape index (κ2) is 4.50. The minimum Gasteiger partial charge on any atom is -0.280 e. The molecule has 0 bridgehead atoms. The molecule has 1 heterocycles. The Morgan fingerprint density at radius 1 is 1.10 bits per heavy atom. The average molecular weight is 262 g/mol. The van der Waals surface area contributed by atoms with E-state index in [0.29, 0.717) is 0 Å². The molecule has 0 N–H and O–H groups in total. The van der Waals surface area contributed by atoms with Crippen molar-refractivity contribution in [3.05, 3.63) is 60.2 Å². The second-order valence-corrected chi connectivity index (χ2v) is 5.16. The molecule has 1 aliphatic heterocycles. The van der Waals surface area contributed by atoms with Crippen LogP contribution >= 0.6 is 0 Å². The van der Waals surface area contributed by atoms with Crippen LogP contribution in [0.2, 0.25) is 0 Å². The number of hydrogen-bond donors (Lipinski definition) is 0. The zero-order valence-corrected chi connectivity index (χ0v) is 11.2. The topological polar surface area (TPSA) is 44.1 Å². The van der Waals surface area contributed by atoms with Crippen molar-refractivity contribution in [1.82, 2.24) is 0 Å². The first-order chi connectivity index (χ1) is 9.68. The molecule has 0 saturated carbocycles. The number of nitriles is 1. The van der Waals surface area contributed by atoms with Gasteiger partial charge in [0, 0.05) is 5.69 Å². The minimum absolute atomic E-state index is 0.0357. The number of fused-ring (bicyclic) bond motifs is 1. The molecule has 0 aliphatic carbocycles. The summed E-state index contributed by atoms with van der Waals surface area (Å²) in [4.78, 5) is 14.6. The van der Waals surface area contributed by atoms with Gasteiger partial charge in [-0.15, -0.1) is 0 Å². The first kappa shape index (κ1) is 12.4. The maximum Gasteiger partial charge on any atom is 0.243 e. The summed E-state index contributed by atoms with van der Waals surface area (Å²) in [7, 11) is 0. The highest BCUT2D eigenvalue weighted by Crippen LogP contribution is 2.46. The van der Waals surface area contributed by atoms with Crippen molar-refractivity contribution >= 4 is 17.3 Å². The van der Waals surface area contributed by atoms with Crippen molar-refractivity contribution in [2.45, 2.75) is 18.8 Å². The third-order valence-electron chi connectivity index (χ3n) is 3.86. The van der Waals surface area contributed by atoms with Crippen LogP contribution in [0, 0.1) is 11.3 Å². The lowest BCUT2D eigenvalue weighted by Gasteiger charge is -2.21. The Kier molecular flexibility index (Phi) is 2.80. The van der Waals surface area contributed by atoms with Crippen molar-refractivity contribution in [2.24, 2.45) is 0 Å². The Labute approximate surface area is 118 Å². The van der Waals surface area contributed by atoms with Crippen LogP contribution in [0.15, 0.2) is 54.6 Å². The summed E-state index contributed by atoms with van der Waals surface area (Å²) >= 11 is 0. The van der Waals surface area contributed by atoms with Crippen molar-refractivity contribution in [3.8, 4) is 6.07 Å². The summed E-state index contributed by atoms with van der Waals surface area (Å²) in [5.41, 5.74) is 1.88.